The van der Waals surface area contributed by atoms with Crippen LogP contribution < -0.4 is 5.32 Å². The zero-order chi connectivity index (χ0) is 19.8. The van der Waals surface area contributed by atoms with Crippen LogP contribution in [0.1, 0.15) is 5.56 Å². The van der Waals surface area contributed by atoms with Gasteiger partial charge in [0.25, 0.3) is 11.8 Å². The van der Waals surface area contributed by atoms with E-state index in [1.165, 1.54) is 25.4 Å². The minimum Gasteiger partial charge on any atom is -0.514 e. The highest BCUT2D eigenvalue weighted by Gasteiger charge is 2.26. The second-order valence-electron chi connectivity index (χ2n) is 5.71. The molecule has 8 heteroatoms. The molecule has 2 rings (SSSR count). The van der Waals surface area contributed by atoms with Crippen LogP contribution in [0.4, 0.5) is 4.39 Å². The van der Waals surface area contributed by atoms with E-state index < -0.39 is 23.1 Å². The number of rotatable bonds is 4. The number of allylic oxidation sites excluding steroid dienone is 1. The van der Waals surface area contributed by atoms with Crippen LogP contribution in [0.15, 0.2) is 64.7 Å². The lowest BCUT2D eigenvalue weighted by molar-refractivity contribution is -0.128. The predicted molar refractivity (Wildman–Crippen MR) is 98.7 cm³/mol. The van der Waals surface area contributed by atoms with Gasteiger partial charge < -0.3 is 20.4 Å². The Balaban J connectivity index is 2.37. The molecular formula is C19H20FN3O4. The van der Waals surface area contributed by atoms with Crippen molar-refractivity contribution in [1.82, 2.24) is 10.2 Å². The lowest BCUT2D eigenvalue weighted by Gasteiger charge is -2.19. The molecule has 142 valence electrons. The third kappa shape index (κ3) is 5.27. The summed E-state index contributed by atoms with van der Waals surface area (Å²) in [5.74, 6) is -2.34. The van der Waals surface area contributed by atoms with Gasteiger partial charge in [-0.15, -0.1) is 0 Å². The molecule has 1 aliphatic rings. The Morgan fingerprint density at radius 3 is 2.70 bits per heavy atom. The molecule has 1 aromatic carbocycles. The smallest absolute Gasteiger partial charge is 0.267 e. The van der Waals surface area contributed by atoms with Gasteiger partial charge in [-0.3, -0.25) is 14.6 Å². The van der Waals surface area contributed by atoms with Gasteiger partial charge in [-0.1, -0.05) is 18.2 Å². The molecule has 27 heavy (non-hydrogen) atoms. The summed E-state index contributed by atoms with van der Waals surface area (Å²) in [4.78, 5) is 29.8. The molecule has 0 saturated carbocycles. The maximum absolute atomic E-state index is 13.1. The van der Waals surface area contributed by atoms with Gasteiger partial charge in [-0.2, -0.15) is 0 Å². The molecule has 0 unspecified atom stereocenters. The van der Waals surface area contributed by atoms with Gasteiger partial charge in [0.2, 0.25) is 0 Å². The number of aliphatic imine (C=N–C) groups is 1. The van der Waals surface area contributed by atoms with Crippen molar-refractivity contribution < 1.29 is 24.2 Å². The number of aliphatic hydroxyl groups excluding tert-OH is 2. The zero-order valence-corrected chi connectivity index (χ0v) is 14.7. The molecule has 1 aromatic rings. The lowest BCUT2D eigenvalue weighted by Crippen LogP contribution is -2.36. The highest BCUT2D eigenvalue weighted by Crippen LogP contribution is 2.13. The minimum absolute atomic E-state index is 0.0339. The molecule has 0 atom stereocenters. The summed E-state index contributed by atoms with van der Waals surface area (Å²) in [6.07, 6.45) is 5.43. The Kier molecular flexibility index (Phi) is 6.87. The number of nitrogens with one attached hydrogen (secondary N) is 1. The van der Waals surface area contributed by atoms with Crippen LogP contribution in [0.2, 0.25) is 0 Å². The first-order valence-electron chi connectivity index (χ1n) is 8.15. The largest absolute Gasteiger partial charge is 0.514 e. The number of hydrogen-bond acceptors (Lipinski definition) is 5. The Morgan fingerprint density at radius 1 is 1.37 bits per heavy atom. The highest BCUT2D eigenvalue weighted by atomic mass is 19.1. The van der Waals surface area contributed by atoms with Crippen LogP contribution in [0.3, 0.4) is 0 Å². The average molecular weight is 373 g/mol. The van der Waals surface area contributed by atoms with Crippen LogP contribution in [-0.4, -0.2) is 53.3 Å². The van der Waals surface area contributed by atoms with Crippen molar-refractivity contribution in [3.63, 3.8) is 0 Å². The summed E-state index contributed by atoms with van der Waals surface area (Å²) in [6, 6.07) is 5.98. The molecule has 3 N–H and O–H groups in total. The van der Waals surface area contributed by atoms with E-state index in [0.717, 1.165) is 22.2 Å². The first kappa shape index (κ1) is 19.9. The number of amides is 2. The normalized spacial score (nSPS) is 20.4. The van der Waals surface area contributed by atoms with Crippen LogP contribution >= 0.6 is 0 Å². The topological polar surface area (TPSA) is 102 Å². The number of nitrogens with zero attached hydrogens (tertiary/aromatic N) is 2. The van der Waals surface area contributed by atoms with Crippen LogP contribution in [0, 0.1) is 5.82 Å². The molecule has 0 saturated heterocycles. The highest BCUT2D eigenvalue weighted by molar-refractivity contribution is 6.19. The van der Waals surface area contributed by atoms with Crippen LogP contribution in [0.5, 0.6) is 0 Å². The second kappa shape index (κ2) is 9.33. The van der Waals surface area contributed by atoms with Gasteiger partial charge in [-0.25, -0.2) is 4.39 Å². The first-order chi connectivity index (χ1) is 13.0. The summed E-state index contributed by atoms with van der Waals surface area (Å²) in [7, 11) is 1.34. The Morgan fingerprint density at radius 2 is 2.07 bits per heavy atom. The van der Waals surface area contributed by atoms with Crippen molar-refractivity contribution in [1.29, 1.82) is 0 Å². The van der Waals surface area contributed by atoms with Gasteiger partial charge in [0.1, 0.15) is 17.1 Å². The van der Waals surface area contributed by atoms with Crippen molar-refractivity contribution in [3.8, 4) is 0 Å². The molecule has 0 fully saturated rings. The fourth-order valence-electron chi connectivity index (χ4n) is 2.46. The summed E-state index contributed by atoms with van der Waals surface area (Å²) >= 11 is 0. The quantitative estimate of drug-likeness (QED) is 0.553. The van der Waals surface area contributed by atoms with E-state index in [1.54, 1.807) is 18.2 Å². The van der Waals surface area contributed by atoms with Crippen molar-refractivity contribution >= 4 is 18.0 Å². The van der Waals surface area contributed by atoms with Crippen molar-refractivity contribution in [3.05, 3.63) is 71.1 Å². The molecule has 1 aliphatic heterocycles. The van der Waals surface area contributed by atoms with Gasteiger partial charge in [0.05, 0.1) is 12.8 Å². The minimum atomic E-state index is -0.772. The molecule has 0 radical (unpaired) electrons. The molecule has 1 heterocycles. The van der Waals surface area contributed by atoms with Gasteiger partial charge in [0, 0.05) is 26.0 Å². The third-order valence-corrected chi connectivity index (χ3v) is 3.83. The molecule has 0 spiro atoms. The van der Waals surface area contributed by atoms with E-state index in [9.17, 15) is 19.1 Å². The summed E-state index contributed by atoms with van der Waals surface area (Å²) in [6.45, 7) is -0.224. The summed E-state index contributed by atoms with van der Waals surface area (Å²) in [5.41, 5.74) is 1.12. The fourth-order valence-corrected chi connectivity index (χ4v) is 2.46. The Hall–Kier alpha value is -3.42. The van der Waals surface area contributed by atoms with Crippen molar-refractivity contribution in [2.45, 2.75) is 6.42 Å². The lowest BCUT2D eigenvalue weighted by atomic mass is 10.0. The van der Waals surface area contributed by atoms with Gasteiger partial charge in [-0.05, 0) is 29.7 Å². The standard InChI is InChI=1S/C19H20FN3O4/c1-21-18(26)17-16(25)12-22-11-14(6-7-23(8-9-24)19(17)27)10-13-2-4-15(20)5-3-13/h2-6,8-9,11,24-25H,7,10,12H2,1H3,(H,21,26)/b9-8-,14-6-,17-16+,22-11?. The first-order valence-corrected chi connectivity index (χ1v) is 8.15. The fraction of sp³-hybridized carbons (Fsp3) is 0.211. The second-order valence-corrected chi connectivity index (χ2v) is 5.71. The number of aliphatic hydroxyl groups is 2. The number of hydrogen-bond donors (Lipinski definition) is 3. The van der Waals surface area contributed by atoms with E-state index in [-0.39, 0.29) is 18.9 Å². The van der Waals surface area contributed by atoms with E-state index in [4.69, 9.17) is 5.11 Å². The molecule has 7 nitrogen and oxygen atoms in total. The van der Waals surface area contributed by atoms with Crippen molar-refractivity contribution in [2.24, 2.45) is 4.99 Å². The maximum atomic E-state index is 13.1. The predicted octanol–water partition coefficient (Wildman–Crippen LogP) is 1.79. The molecule has 0 aliphatic carbocycles. The SMILES string of the molecule is CNC(=O)/C1=C(\O)CN=C/C(Cc2ccc(F)cc2)=C\CN(/C=C\O)C1=O. The third-order valence-electron chi connectivity index (χ3n) is 3.83. The van der Waals surface area contributed by atoms with E-state index in [1.807, 2.05) is 0 Å². The maximum Gasteiger partial charge on any atom is 0.267 e. The summed E-state index contributed by atoms with van der Waals surface area (Å²) in [5, 5.41) is 21.5. The molecule has 0 bridgehead atoms. The monoisotopic (exact) mass is 373 g/mol. The van der Waals surface area contributed by atoms with E-state index >= 15 is 0 Å². The van der Waals surface area contributed by atoms with Crippen LogP contribution in [0.25, 0.3) is 0 Å². The number of benzene rings is 1. The number of carbonyl (C=O) groups is 2. The van der Waals surface area contributed by atoms with Gasteiger partial charge in [0.15, 0.2) is 0 Å². The molecule has 2 amide bonds. The summed E-state index contributed by atoms with van der Waals surface area (Å²) < 4.78 is 13.1. The Bertz CT molecular complexity index is 826. The van der Waals surface area contributed by atoms with Gasteiger partial charge >= 0.3 is 0 Å². The van der Waals surface area contributed by atoms with E-state index in [2.05, 4.69) is 10.3 Å². The number of likely N-dealkylation sites (N-methyl/N-ethyl adjacent to an activating group) is 1. The van der Waals surface area contributed by atoms with E-state index in [0.29, 0.717) is 12.7 Å². The average Bonchev–Trinajstić information content (AvgIpc) is 2.65. The van der Waals surface area contributed by atoms with Crippen molar-refractivity contribution in [2.75, 3.05) is 20.1 Å². The number of carbonyl (C=O) groups excluding carboxylic acids is 2. The molecule has 0 aromatic heterocycles. The Labute approximate surface area is 155 Å². The molecular weight excluding hydrogens is 353 g/mol. The zero-order valence-electron chi connectivity index (χ0n) is 14.7. The van der Waals surface area contributed by atoms with Crippen LogP contribution in [-0.2, 0) is 16.0 Å². The number of halogens is 1.